The van der Waals surface area contributed by atoms with Gasteiger partial charge in [-0.3, -0.25) is 0 Å². The molecule has 0 unspecified atom stereocenters. The van der Waals surface area contributed by atoms with E-state index in [2.05, 4.69) is 19.1 Å². The van der Waals surface area contributed by atoms with E-state index in [9.17, 15) is 8.78 Å². The van der Waals surface area contributed by atoms with Crippen molar-refractivity contribution in [1.29, 1.82) is 5.26 Å². The van der Waals surface area contributed by atoms with E-state index >= 15 is 0 Å². The van der Waals surface area contributed by atoms with Gasteiger partial charge in [-0.05, 0) is 61.3 Å². The lowest BCUT2D eigenvalue weighted by Crippen LogP contribution is -2.21. The first kappa shape index (κ1) is 25.2. The molecule has 3 rings (SSSR count). The smallest absolute Gasteiger partial charge is 0.202 e. The minimum atomic E-state index is -1.17. The van der Waals surface area contributed by atoms with Gasteiger partial charge in [0, 0.05) is 6.61 Å². The summed E-state index contributed by atoms with van der Waals surface area (Å²) in [4.78, 5) is 0. The maximum absolute atomic E-state index is 14.0. The average Bonchev–Trinajstić information content (AvgIpc) is 2.85. The summed E-state index contributed by atoms with van der Waals surface area (Å²) in [6.45, 7) is 3.27. The maximum atomic E-state index is 14.0. The number of nitriles is 1. The summed E-state index contributed by atoms with van der Waals surface area (Å²) in [7, 11) is 0. The Bertz CT molecular complexity index is 899. The van der Waals surface area contributed by atoms with Gasteiger partial charge in [0.25, 0.3) is 0 Å². The lowest BCUT2D eigenvalue weighted by molar-refractivity contribution is 0.0226. The molecule has 0 spiro atoms. The summed E-state index contributed by atoms with van der Waals surface area (Å²) in [6.07, 6.45) is 12.6. The average molecular weight is 456 g/mol. The fourth-order valence-corrected chi connectivity index (χ4v) is 4.47. The Morgan fingerprint density at radius 1 is 0.879 bits per heavy atom. The number of ether oxygens (including phenoxy) is 2. The molecule has 0 bridgehead atoms. The molecule has 0 atom stereocenters. The molecule has 33 heavy (non-hydrogen) atoms. The van der Waals surface area contributed by atoms with Crippen LogP contribution in [0.5, 0.6) is 5.75 Å². The number of unbranched alkanes of at least 4 members (excludes halogenated alkanes) is 5. The quantitative estimate of drug-likeness (QED) is 0.306. The van der Waals surface area contributed by atoms with Crippen LogP contribution in [0.25, 0.3) is 0 Å². The van der Waals surface area contributed by atoms with Crippen LogP contribution in [-0.2, 0) is 11.3 Å². The monoisotopic (exact) mass is 455 g/mol. The number of nitrogens with zero attached hydrogens (tertiary/aromatic N) is 1. The van der Waals surface area contributed by atoms with Gasteiger partial charge < -0.3 is 9.47 Å². The van der Waals surface area contributed by atoms with E-state index in [0.717, 1.165) is 37.9 Å². The first-order valence-corrected chi connectivity index (χ1v) is 12.3. The van der Waals surface area contributed by atoms with Crippen LogP contribution in [0.1, 0.15) is 93.7 Å². The minimum absolute atomic E-state index is 0.140. The summed E-state index contributed by atoms with van der Waals surface area (Å²) in [5, 5.41) is 8.77. The van der Waals surface area contributed by atoms with Crippen molar-refractivity contribution in [3.8, 4) is 11.8 Å². The van der Waals surface area contributed by atoms with Gasteiger partial charge in [-0.2, -0.15) is 9.65 Å². The van der Waals surface area contributed by atoms with Gasteiger partial charge >= 0.3 is 0 Å². The van der Waals surface area contributed by atoms with E-state index in [1.54, 1.807) is 6.07 Å². The second-order valence-electron chi connectivity index (χ2n) is 8.99. The summed E-state index contributed by atoms with van der Waals surface area (Å²) < 4.78 is 39.3. The van der Waals surface area contributed by atoms with Gasteiger partial charge in [-0.15, -0.1) is 0 Å². The van der Waals surface area contributed by atoms with Crippen LogP contribution in [0.3, 0.4) is 0 Å². The highest BCUT2D eigenvalue weighted by atomic mass is 19.2. The molecule has 2 aromatic carbocycles. The summed E-state index contributed by atoms with van der Waals surface area (Å²) in [5.41, 5.74) is 1.87. The van der Waals surface area contributed by atoms with Crippen molar-refractivity contribution in [1.82, 2.24) is 0 Å². The molecule has 0 amide bonds. The van der Waals surface area contributed by atoms with E-state index < -0.39 is 11.6 Å². The Morgan fingerprint density at radius 3 is 2.27 bits per heavy atom. The predicted octanol–water partition coefficient (Wildman–Crippen LogP) is 7.82. The second kappa shape index (κ2) is 13.3. The highest BCUT2D eigenvalue weighted by Gasteiger charge is 2.22. The molecule has 0 saturated heterocycles. The van der Waals surface area contributed by atoms with E-state index in [1.165, 1.54) is 56.2 Å². The van der Waals surface area contributed by atoms with Crippen molar-refractivity contribution < 1.29 is 18.3 Å². The van der Waals surface area contributed by atoms with E-state index in [1.807, 2.05) is 12.1 Å². The number of hydrogen-bond donors (Lipinski definition) is 0. The van der Waals surface area contributed by atoms with Crippen LogP contribution in [0.15, 0.2) is 36.4 Å². The van der Waals surface area contributed by atoms with Gasteiger partial charge in [-0.1, -0.05) is 63.3 Å². The number of benzene rings is 2. The van der Waals surface area contributed by atoms with Gasteiger partial charge in [0.05, 0.1) is 11.7 Å². The van der Waals surface area contributed by atoms with E-state index in [-0.39, 0.29) is 17.9 Å². The lowest BCUT2D eigenvalue weighted by atomic mass is 9.82. The molecule has 0 heterocycles. The Morgan fingerprint density at radius 2 is 1.58 bits per heavy atom. The zero-order valence-corrected chi connectivity index (χ0v) is 19.6. The van der Waals surface area contributed by atoms with Crippen molar-refractivity contribution in [2.45, 2.75) is 89.8 Å². The number of hydrogen-bond acceptors (Lipinski definition) is 3. The fraction of sp³-hybridized carbons (Fsp3) is 0.536. The normalized spacial score (nSPS) is 18.1. The zero-order valence-electron chi connectivity index (χ0n) is 19.6. The van der Waals surface area contributed by atoms with Crippen molar-refractivity contribution in [3.05, 3.63) is 64.7 Å². The summed E-state index contributed by atoms with van der Waals surface area (Å²) in [5.74, 6) is -1.94. The van der Waals surface area contributed by atoms with Gasteiger partial charge in [-0.25, -0.2) is 4.39 Å². The SMILES string of the molecule is CCCCCCCCO[C@H]1CC[C@H](c2ccc(COc3ccc(C#N)c(F)c3F)cc2)CC1. The molecule has 5 heteroatoms. The van der Waals surface area contributed by atoms with E-state index in [0.29, 0.717) is 12.0 Å². The van der Waals surface area contributed by atoms with E-state index in [4.69, 9.17) is 14.7 Å². The third kappa shape index (κ3) is 7.54. The second-order valence-corrected chi connectivity index (χ2v) is 8.99. The lowest BCUT2D eigenvalue weighted by Gasteiger charge is -2.29. The number of rotatable bonds is 12. The Hall–Kier alpha value is -2.45. The largest absolute Gasteiger partial charge is 0.486 e. The Balaban J connectivity index is 1.39. The molecule has 3 nitrogen and oxygen atoms in total. The Labute approximate surface area is 196 Å². The van der Waals surface area contributed by atoms with Crippen molar-refractivity contribution in [2.24, 2.45) is 0 Å². The zero-order chi connectivity index (χ0) is 23.5. The molecule has 0 radical (unpaired) electrons. The minimum Gasteiger partial charge on any atom is -0.486 e. The first-order valence-electron chi connectivity index (χ1n) is 12.3. The predicted molar refractivity (Wildman–Crippen MR) is 126 cm³/mol. The van der Waals surface area contributed by atoms with Crippen molar-refractivity contribution in [2.75, 3.05) is 6.61 Å². The summed E-state index contributed by atoms with van der Waals surface area (Å²) in [6, 6.07) is 12.3. The van der Waals surface area contributed by atoms with Crippen molar-refractivity contribution in [3.63, 3.8) is 0 Å². The Kier molecular flexibility index (Phi) is 10.2. The van der Waals surface area contributed by atoms with Crippen LogP contribution >= 0.6 is 0 Å². The van der Waals surface area contributed by atoms with Gasteiger partial charge in [0.1, 0.15) is 12.7 Å². The molecule has 0 N–H and O–H groups in total. The van der Waals surface area contributed by atoms with Crippen LogP contribution < -0.4 is 4.74 Å². The molecule has 2 aromatic rings. The van der Waals surface area contributed by atoms with Gasteiger partial charge in [0.2, 0.25) is 5.82 Å². The molecule has 1 saturated carbocycles. The summed E-state index contributed by atoms with van der Waals surface area (Å²) >= 11 is 0. The third-order valence-corrected chi connectivity index (χ3v) is 6.54. The third-order valence-electron chi connectivity index (χ3n) is 6.54. The van der Waals surface area contributed by atoms with Crippen LogP contribution in [-0.4, -0.2) is 12.7 Å². The molecular formula is C28H35F2NO2. The highest BCUT2D eigenvalue weighted by molar-refractivity contribution is 5.38. The molecule has 1 aliphatic rings. The fourth-order valence-electron chi connectivity index (χ4n) is 4.47. The maximum Gasteiger partial charge on any atom is 0.202 e. The number of halogens is 2. The topological polar surface area (TPSA) is 42.2 Å². The molecular weight excluding hydrogens is 420 g/mol. The standard InChI is InChI=1S/C28H35F2NO2/c1-2-3-4-5-6-7-18-32-25-15-12-23(13-16-25)22-10-8-21(9-11-22)20-33-26-17-14-24(19-31)27(29)28(26)30/h8-11,14,17,23,25H,2-7,12-13,15-16,18,20H2,1H3/t23-,25-. The molecule has 0 aliphatic heterocycles. The van der Waals surface area contributed by atoms with Crippen LogP contribution in [0.4, 0.5) is 8.78 Å². The molecule has 1 aliphatic carbocycles. The van der Waals surface area contributed by atoms with Gasteiger partial charge in [0.15, 0.2) is 11.6 Å². The molecule has 0 aromatic heterocycles. The first-order chi connectivity index (χ1) is 16.1. The van der Waals surface area contributed by atoms with Crippen molar-refractivity contribution >= 4 is 0 Å². The molecule has 178 valence electrons. The van der Waals surface area contributed by atoms with Crippen LogP contribution in [0, 0.1) is 23.0 Å². The van der Waals surface area contributed by atoms with Crippen LogP contribution in [0.2, 0.25) is 0 Å². The molecule has 1 fully saturated rings. The highest BCUT2D eigenvalue weighted by Crippen LogP contribution is 2.34.